The molecular formula is C64H94O8. The van der Waals surface area contributed by atoms with Crippen molar-refractivity contribution in [1.29, 1.82) is 0 Å². The number of benzene rings is 3. The van der Waals surface area contributed by atoms with Gasteiger partial charge in [0, 0.05) is 46.3 Å². The molecule has 3 aromatic rings. The SMILES string of the molecule is C=C(C)C(C)C(C=C(C)C)c1ccc(CCCCC)cc1O.CCCCCc1cc(O)c2c(c1)OC(C)(C)[C@H]1CCC(C)=C[C@@H]21.CCCCCc1cc2c(c(O)c1C(=O)O)[C@@H]1C=C(C)CC[C@H]1C(C)(C)O2.O. The van der Waals surface area contributed by atoms with Gasteiger partial charge in [-0.1, -0.05) is 125 Å². The van der Waals surface area contributed by atoms with Gasteiger partial charge in [0.25, 0.3) is 0 Å². The summed E-state index contributed by atoms with van der Waals surface area (Å²) in [6.45, 7) is 32.0. The lowest BCUT2D eigenvalue weighted by Crippen LogP contribution is -2.45. The molecule has 0 saturated heterocycles. The Morgan fingerprint density at radius 2 is 1.19 bits per heavy atom. The fraction of sp³-hybridized carbons (Fsp3) is 0.578. The van der Waals surface area contributed by atoms with E-state index in [1.165, 1.54) is 66.4 Å². The summed E-state index contributed by atoms with van der Waals surface area (Å²) < 4.78 is 12.7. The molecule has 0 amide bonds. The van der Waals surface area contributed by atoms with Crippen LogP contribution < -0.4 is 9.47 Å². The van der Waals surface area contributed by atoms with Crippen LogP contribution in [0.15, 0.2) is 83.5 Å². The van der Waals surface area contributed by atoms with E-state index >= 15 is 0 Å². The molecule has 4 aliphatic rings. The molecule has 0 radical (unpaired) electrons. The molecule has 3 aromatic carbocycles. The van der Waals surface area contributed by atoms with E-state index < -0.39 is 5.97 Å². The van der Waals surface area contributed by atoms with Crippen molar-refractivity contribution in [1.82, 2.24) is 0 Å². The number of aromatic carboxylic acids is 1. The van der Waals surface area contributed by atoms with Gasteiger partial charge in [-0.25, -0.2) is 4.79 Å². The molecule has 2 heterocycles. The van der Waals surface area contributed by atoms with Gasteiger partial charge in [0.05, 0.1) is 0 Å². The summed E-state index contributed by atoms with van der Waals surface area (Å²) in [6.07, 6.45) is 24.1. The molecule has 0 fully saturated rings. The average Bonchev–Trinajstić information content (AvgIpc) is 3.28. The molecule has 8 nitrogen and oxygen atoms in total. The van der Waals surface area contributed by atoms with Crippen molar-refractivity contribution in [2.45, 2.75) is 222 Å². The first-order valence-electron chi connectivity index (χ1n) is 27.4. The molecule has 0 bridgehead atoms. The lowest BCUT2D eigenvalue weighted by Gasteiger charge is -2.46. The standard InChI is InChI=1S/C22H30O4.C21H30O2.C21H32O.H2O/c1-5-6-7-8-14-12-17-19(20(23)18(14)21(24)25)15-11-13(2)9-10-16(15)22(3,4)26-17;1-5-6-7-8-15-12-18(22)20-16-11-14(2)9-10-17(16)21(3,4)23-19(20)13-15;1-7-8-9-10-18-11-12-19(21(22)14-18)20(13-15(2)3)17(6)16(4)5;/h11-12,15-16,23H,5-10H2,1-4H3,(H,24,25);11-13,16-17,22H,5-10H2,1-4H3;11-14,17,20,22H,4,7-10H2,1-3,5-6H3;1H2/t15-,16-;16-,17+;;/m11../s1. The van der Waals surface area contributed by atoms with Gasteiger partial charge in [-0.3, -0.25) is 0 Å². The second-order valence-corrected chi connectivity index (χ2v) is 23.0. The predicted molar refractivity (Wildman–Crippen MR) is 299 cm³/mol. The Hall–Kier alpha value is -4.95. The lowest BCUT2D eigenvalue weighted by molar-refractivity contribution is 0.0103. The molecular weight excluding hydrogens is 897 g/mol. The first-order chi connectivity index (χ1) is 33.5. The molecule has 0 saturated carbocycles. The van der Waals surface area contributed by atoms with Crippen LogP contribution in [0.2, 0.25) is 0 Å². The predicted octanol–water partition coefficient (Wildman–Crippen LogP) is 16.7. The van der Waals surface area contributed by atoms with E-state index in [2.05, 4.69) is 133 Å². The Morgan fingerprint density at radius 3 is 1.68 bits per heavy atom. The van der Waals surface area contributed by atoms with Crippen LogP contribution >= 0.6 is 0 Å². The minimum atomic E-state index is -1.06. The van der Waals surface area contributed by atoms with Crippen LogP contribution in [0.3, 0.4) is 0 Å². The first-order valence-corrected chi connectivity index (χ1v) is 27.4. The number of phenolic OH excluding ortho intramolecular Hbond substituents is 2. The fourth-order valence-corrected chi connectivity index (χ4v) is 11.7. The monoisotopic (exact) mass is 991 g/mol. The number of carboxylic acids is 1. The van der Waals surface area contributed by atoms with Gasteiger partial charge in [0.1, 0.15) is 45.5 Å². The summed E-state index contributed by atoms with van der Waals surface area (Å²) in [6, 6.07) is 12.2. The number of phenols is 3. The molecule has 0 spiro atoms. The number of ether oxygens (including phenoxy) is 2. The van der Waals surface area contributed by atoms with Crippen LogP contribution in [0.1, 0.15) is 235 Å². The Morgan fingerprint density at radius 1 is 0.708 bits per heavy atom. The first kappa shape index (κ1) is 59.6. The van der Waals surface area contributed by atoms with Gasteiger partial charge in [0.2, 0.25) is 0 Å². The number of allylic oxidation sites excluding steroid dienone is 7. The number of fused-ring (bicyclic) bond motifs is 6. The molecule has 6 N–H and O–H groups in total. The maximum Gasteiger partial charge on any atom is 0.339 e. The normalized spacial score (nSPS) is 20.6. The maximum absolute atomic E-state index is 11.9. The molecule has 72 heavy (non-hydrogen) atoms. The van der Waals surface area contributed by atoms with Crippen LogP contribution in [-0.2, 0) is 19.3 Å². The van der Waals surface area contributed by atoms with Crippen LogP contribution in [0.4, 0.5) is 0 Å². The third-order valence-electron chi connectivity index (χ3n) is 15.9. The van der Waals surface area contributed by atoms with Crippen LogP contribution in [0, 0.1) is 17.8 Å². The number of carboxylic acid groups (broad SMARTS) is 1. The zero-order valence-corrected chi connectivity index (χ0v) is 46.7. The third kappa shape index (κ3) is 14.6. The largest absolute Gasteiger partial charge is 0.508 e. The summed E-state index contributed by atoms with van der Waals surface area (Å²) in [5, 5.41) is 41.9. The molecule has 2 aliphatic carbocycles. The highest BCUT2D eigenvalue weighted by molar-refractivity contribution is 5.94. The molecule has 8 heteroatoms. The van der Waals surface area contributed by atoms with Gasteiger partial charge in [-0.2, -0.15) is 0 Å². The molecule has 398 valence electrons. The van der Waals surface area contributed by atoms with Gasteiger partial charge >= 0.3 is 5.97 Å². The van der Waals surface area contributed by atoms with E-state index in [1.807, 2.05) is 18.2 Å². The Balaban J connectivity index is 0.000000234. The number of hydrogen-bond donors (Lipinski definition) is 4. The van der Waals surface area contributed by atoms with E-state index in [-0.39, 0.29) is 51.7 Å². The Bertz CT molecular complexity index is 2410. The number of carbonyl (C=O) groups is 1. The Kier molecular flexibility index (Phi) is 21.8. The highest BCUT2D eigenvalue weighted by Crippen LogP contribution is 2.56. The average molecular weight is 991 g/mol. The van der Waals surface area contributed by atoms with Crippen molar-refractivity contribution in [2.75, 3.05) is 0 Å². The number of aryl methyl sites for hydroxylation is 3. The highest BCUT2D eigenvalue weighted by atomic mass is 16.5. The second-order valence-electron chi connectivity index (χ2n) is 23.0. The van der Waals surface area contributed by atoms with Gasteiger partial charge in [0.15, 0.2) is 0 Å². The van der Waals surface area contributed by atoms with Crippen LogP contribution in [0.25, 0.3) is 0 Å². The summed E-state index contributed by atoms with van der Waals surface area (Å²) >= 11 is 0. The molecule has 2 aliphatic heterocycles. The van der Waals surface area contributed by atoms with Gasteiger partial charge in [-0.15, -0.1) is 0 Å². The summed E-state index contributed by atoms with van der Waals surface area (Å²) in [5.41, 5.74) is 10.4. The minimum Gasteiger partial charge on any atom is -0.508 e. The van der Waals surface area contributed by atoms with Crippen LogP contribution in [-0.4, -0.2) is 43.1 Å². The van der Waals surface area contributed by atoms with Crippen molar-refractivity contribution in [3.63, 3.8) is 0 Å². The quantitative estimate of drug-likeness (QED) is 0.0777. The maximum atomic E-state index is 11.9. The number of aromatic hydroxyl groups is 3. The molecule has 6 atom stereocenters. The number of hydrogen-bond acceptors (Lipinski definition) is 6. The van der Waals surface area contributed by atoms with Crippen molar-refractivity contribution < 1.29 is 40.2 Å². The van der Waals surface area contributed by atoms with E-state index in [4.69, 9.17) is 9.47 Å². The fourth-order valence-electron chi connectivity index (χ4n) is 11.7. The van der Waals surface area contributed by atoms with Crippen molar-refractivity contribution in [2.24, 2.45) is 17.8 Å². The zero-order chi connectivity index (χ0) is 52.4. The molecule has 2 unspecified atom stereocenters. The van der Waals surface area contributed by atoms with Crippen molar-refractivity contribution >= 4 is 5.97 Å². The van der Waals surface area contributed by atoms with Crippen molar-refractivity contribution in [3.05, 3.63) is 122 Å². The van der Waals surface area contributed by atoms with E-state index in [0.29, 0.717) is 46.6 Å². The van der Waals surface area contributed by atoms with E-state index in [9.17, 15) is 25.2 Å². The smallest absolute Gasteiger partial charge is 0.339 e. The topological polar surface area (TPSA) is 148 Å². The zero-order valence-electron chi connectivity index (χ0n) is 46.7. The highest BCUT2D eigenvalue weighted by Gasteiger charge is 2.47. The lowest BCUT2D eigenvalue weighted by atomic mass is 9.67. The third-order valence-corrected chi connectivity index (χ3v) is 15.9. The summed E-state index contributed by atoms with van der Waals surface area (Å²) in [7, 11) is 0. The Labute approximate surface area is 435 Å². The molecule has 0 aromatic heterocycles. The number of unbranched alkanes of at least 4 members (excludes halogenated alkanes) is 6. The van der Waals surface area contributed by atoms with E-state index in [0.717, 1.165) is 80.2 Å². The summed E-state index contributed by atoms with van der Waals surface area (Å²) in [5.74, 6) is 2.69. The second kappa shape index (κ2) is 26.3. The van der Waals surface area contributed by atoms with Crippen LogP contribution in [0.5, 0.6) is 28.7 Å². The van der Waals surface area contributed by atoms with Gasteiger partial charge in [-0.05, 0) is 173 Å². The van der Waals surface area contributed by atoms with Crippen molar-refractivity contribution in [3.8, 4) is 28.7 Å². The summed E-state index contributed by atoms with van der Waals surface area (Å²) in [4.78, 5) is 11.9. The van der Waals surface area contributed by atoms with Gasteiger partial charge < -0.3 is 35.4 Å². The molecule has 7 rings (SSSR count). The van der Waals surface area contributed by atoms with E-state index in [1.54, 1.807) is 0 Å². The minimum absolute atomic E-state index is 0. The number of rotatable bonds is 17.